The Morgan fingerprint density at radius 2 is 1.96 bits per heavy atom. The van der Waals surface area contributed by atoms with Gasteiger partial charge in [-0.15, -0.1) is 0 Å². The zero-order valence-electron chi connectivity index (χ0n) is 14.1. The van der Waals surface area contributed by atoms with Gasteiger partial charge < -0.3 is 10.0 Å². The number of piperidine rings is 3. The van der Waals surface area contributed by atoms with Gasteiger partial charge in [-0.05, 0) is 49.8 Å². The second-order valence-corrected chi connectivity index (χ2v) is 7.61. The molecule has 0 amide bonds. The van der Waals surface area contributed by atoms with Gasteiger partial charge in [0.15, 0.2) is 0 Å². The summed E-state index contributed by atoms with van der Waals surface area (Å²) in [4.78, 5) is 8.70. The van der Waals surface area contributed by atoms with Gasteiger partial charge in [0, 0.05) is 31.4 Å². The lowest BCUT2D eigenvalue weighted by molar-refractivity contribution is -0.137. The van der Waals surface area contributed by atoms with Gasteiger partial charge in [-0.1, -0.05) is 6.42 Å². The molecule has 3 aliphatic heterocycles. The average molecular weight is 355 g/mol. The van der Waals surface area contributed by atoms with Gasteiger partial charge in [-0.2, -0.15) is 13.2 Å². The predicted molar refractivity (Wildman–Crippen MR) is 88.3 cm³/mol. The molecular formula is C18H24F3N3O. The number of alkyl halides is 3. The molecule has 1 aromatic rings. The number of aromatic nitrogens is 1. The second kappa shape index (κ2) is 6.43. The van der Waals surface area contributed by atoms with E-state index in [1.807, 2.05) is 0 Å². The molecule has 0 spiro atoms. The Morgan fingerprint density at radius 1 is 1.16 bits per heavy atom. The number of halogens is 3. The lowest BCUT2D eigenvalue weighted by Gasteiger charge is -2.56. The fourth-order valence-corrected chi connectivity index (χ4v) is 5.09. The van der Waals surface area contributed by atoms with Crippen LogP contribution in [0.2, 0.25) is 0 Å². The van der Waals surface area contributed by atoms with Crippen molar-refractivity contribution < 1.29 is 18.3 Å². The molecule has 3 aliphatic rings. The van der Waals surface area contributed by atoms with Crippen molar-refractivity contribution in [3.8, 4) is 0 Å². The smallest absolute Gasteiger partial charge is 0.395 e. The van der Waals surface area contributed by atoms with Crippen molar-refractivity contribution in [1.82, 2.24) is 9.88 Å². The number of aliphatic hydroxyl groups is 1. The maximum atomic E-state index is 12.7. The second-order valence-electron chi connectivity index (χ2n) is 7.61. The molecule has 4 rings (SSSR count). The SMILES string of the molecule is OC[C@H]1[C@H]2C[C@H](CN(c3ccc(C(F)(F)F)cn3)C2)[C@@H]2CCCCN12. The molecule has 0 radical (unpaired) electrons. The summed E-state index contributed by atoms with van der Waals surface area (Å²) in [6, 6.07) is 3.25. The van der Waals surface area contributed by atoms with E-state index >= 15 is 0 Å². The number of pyridine rings is 1. The van der Waals surface area contributed by atoms with E-state index in [4.69, 9.17) is 0 Å². The zero-order chi connectivity index (χ0) is 17.6. The summed E-state index contributed by atoms with van der Waals surface area (Å²) < 4.78 is 38.2. The van der Waals surface area contributed by atoms with E-state index in [-0.39, 0.29) is 12.6 Å². The molecule has 4 nitrogen and oxygen atoms in total. The minimum Gasteiger partial charge on any atom is -0.395 e. The van der Waals surface area contributed by atoms with Crippen molar-refractivity contribution in [2.75, 3.05) is 31.1 Å². The molecule has 7 heteroatoms. The molecule has 3 saturated heterocycles. The molecular weight excluding hydrogens is 331 g/mol. The first-order valence-corrected chi connectivity index (χ1v) is 9.12. The molecule has 0 unspecified atom stereocenters. The first-order chi connectivity index (χ1) is 12.0. The number of rotatable bonds is 2. The van der Waals surface area contributed by atoms with Crippen molar-refractivity contribution in [2.24, 2.45) is 11.8 Å². The fraction of sp³-hybridized carbons (Fsp3) is 0.722. The number of anilines is 1. The van der Waals surface area contributed by atoms with Crippen molar-refractivity contribution >= 4 is 5.82 Å². The highest BCUT2D eigenvalue weighted by atomic mass is 19.4. The first-order valence-electron chi connectivity index (χ1n) is 9.12. The summed E-state index contributed by atoms with van der Waals surface area (Å²) >= 11 is 0. The van der Waals surface area contributed by atoms with E-state index < -0.39 is 11.7 Å². The van der Waals surface area contributed by atoms with E-state index in [1.165, 1.54) is 18.9 Å². The minimum atomic E-state index is -4.35. The molecule has 4 heterocycles. The van der Waals surface area contributed by atoms with Gasteiger partial charge >= 0.3 is 6.18 Å². The van der Waals surface area contributed by atoms with Crippen LogP contribution in [0.4, 0.5) is 19.0 Å². The largest absolute Gasteiger partial charge is 0.417 e. The van der Waals surface area contributed by atoms with Crippen molar-refractivity contribution in [3.63, 3.8) is 0 Å². The maximum absolute atomic E-state index is 12.7. The summed E-state index contributed by atoms with van der Waals surface area (Å²) in [5.74, 6) is 1.47. The summed E-state index contributed by atoms with van der Waals surface area (Å²) in [5.41, 5.74) is -0.708. The normalized spacial score (nSPS) is 33.2. The lowest BCUT2D eigenvalue weighted by Crippen LogP contribution is -2.64. The van der Waals surface area contributed by atoms with Gasteiger partial charge in [0.25, 0.3) is 0 Å². The summed E-state index contributed by atoms with van der Waals surface area (Å²) in [7, 11) is 0. The first kappa shape index (κ1) is 17.1. The Kier molecular flexibility index (Phi) is 4.40. The Bertz CT molecular complexity index is 593. The fourth-order valence-electron chi connectivity index (χ4n) is 5.09. The van der Waals surface area contributed by atoms with E-state index in [0.29, 0.717) is 23.7 Å². The molecule has 2 bridgehead atoms. The van der Waals surface area contributed by atoms with Gasteiger partial charge in [-0.25, -0.2) is 4.98 Å². The Labute approximate surface area is 145 Å². The number of aliphatic hydroxyl groups excluding tert-OH is 1. The van der Waals surface area contributed by atoms with Crippen LogP contribution < -0.4 is 4.90 Å². The van der Waals surface area contributed by atoms with Crippen molar-refractivity contribution in [3.05, 3.63) is 23.9 Å². The van der Waals surface area contributed by atoms with Crippen molar-refractivity contribution in [1.29, 1.82) is 0 Å². The van der Waals surface area contributed by atoms with Crippen LogP contribution in [0.5, 0.6) is 0 Å². The van der Waals surface area contributed by atoms with Gasteiger partial charge in [-0.3, -0.25) is 4.90 Å². The average Bonchev–Trinajstić information content (AvgIpc) is 2.61. The molecule has 0 aliphatic carbocycles. The summed E-state index contributed by atoms with van der Waals surface area (Å²) in [6.07, 6.45) is 1.24. The highest BCUT2D eigenvalue weighted by Gasteiger charge is 2.47. The third-order valence-electron chi connectivity index (χ3n) is 6.21. The van der Waals surface area contributed by atoms with Crippen LogP contribution in [-0.4, -0.2) is 53.3 Å². The summed E-state index contributed by atoms with van der Waals surface area (Å²) in [6.45, 7) is 2.81. The van der Waals surface area contributed by atoms with Crippen LogP contribution in [0.1, 0.15) is 31.2 Å². The molecule has 4 atom stereocenters. The molecule has 1 aromatic heterocycles. The number of nitrogens with zero attached hydrogens (tertiary/aromatic N) is 3. The number of fused-ring (bicyclic) bond motifs is 4. The maximum Gasteiger partial charge on any atom is 0.417 e. The van der Waals surface area contributed by atoms with Crippen LogP contribution in [0.3, 0.4) is 0 Å². The highest BCUT2D eigenvalue weighted by molar-refractivity contribution is 5.41. The van der Waals surface area contributed by atoms with Gasteiger partial charge in [0.2, 0.25) is 0 Å². The third kappa shape index (κ3) is 3.12. The Hall–Kier alpha value is -1.34. The van der Waals surface area contributed by atoms with E-state index in [1.54, 1.807) is 0 Å². The van der Waals surface area contributed by atoms with E-state index in [9.17, 15) is 18.3 Å². The van der Waals surface area contributed by atoms with Gasteiger partial charge in [0.1, 0.15) is 5.82 Å². The number of hydrogen-bond acceptors (Lipinski definition) is 4. The van der Waals surface area contributed by atoms with E-state index in [0.717, 1.165) is 44.7 Å². The molecule has 0 saturated carbocycles. The molecule has 3 fully saturated rings. The Balaban J connectivity index is 1.55. The molecule has 0 aromatic carbocycles. The minimum absolute atomic E-state index is 0.155. The van der Waals surface area contributed by atoms with Crippen LogP contribution in [0.15, 0.2) is 18.3 Å². The number of hydrogen-bond donors (Lipinski definition) is 1. The third-order valence-corrected chi connectivity index (χ3v) is 6.21. The lowest BCUT2D eigenvalue weighted by atomic mass is 9.72. The van der Waals surface area contributed by atoms with Gasteiger partial charge in [0.05, 0.1) is 12.2 Å². The standard InChI is InChI=1S/C18H24F3N3O/c19-18(20,21)14-4-5-17(22-8-14)23-9-12-7-13(10-23)16(11-25)24-6-2-1-3-15(12)24/h4-5,8,12-13,15-16,25H,1-3,6-7,9-11H2/t12-,13+,15+,16+/m1/s1. The van der Waals surface area contributed by atoms with E-state index in [2.05, 4.69) is 14.8 Å². The zero-order valence-corrected chi connectivity index (χ0v) is 14.1. The molecule has 138 valence electrons. The highest BCUT2D eigenvalue weighted by Crippen LogP contribution is 2.42. The topological polar surface area (TPSA) is 39.6 Å². The molecule has 1 N–H and O–H groups in total. The quantitative estimate of drug-likeness (QED) is 0.886. The monoisotopic (exact) mass is 355 g/mol. The Morgan fingerprint density at radius 3 is 2.64 bits per heavy atom. The van der Waals surface area contributed by atoms with Crippen molar-refractivity contribution in [2.45, 2.75) is 43.9 Å². The van der Waals surface area contributed by atoms with Crippen LogP contribution >= 0.6 is 0 Å². The predicted octanol–water partition coefficient (Wildman–Crippen LogP) is 2.77. The van der Waals surface area contributed by atoms with Crippen LogP contribution in [-0.2, 0) is 6.18 Å². The molecule has 25 heavy (non-hydrogen) atoms. The summed E-state index contributed by atoms with van der Waals surface area (Å²) in [5, 5.41) is 9.92. The van der Waals surface area contributed by atoms with Crippen LogP contribution in [0.25, 0.3) is 0 Å². The van der Waals surface area contributed by atoms with Crippen LogP contribution in [0, 0.1) is 11.8 Å².